The fourth-order valence-electron chi connectivity index (χ4n) is 1.96. The number of imidazole rings is 1. The molecular formula is C11H8N4O2. The number of nitrogens with zero attached hydrogens (tertiary/aromatic N) is 4. The van der Waals surface area contributed by atoms with Crippen molar-refractivity contribution in [1.82, 2.24) is 14.5 Å². The Morgan fingerprint density at radius 2 is 2.24 bits per heavy atom. The number of aromatic nitrogens is 3. The van der Waals surface area contributed by atoms with Crippen LogP contribution in [0.1, 0.15) is 0 Å². The Morgan fingerprint density at radius 1 is 1.41 bits per heavy atom. The fourth-order valence-corrected chi connectivity index (χ4v) is 1.96. The predicted octanol–water partition coefficient (Wildman–Crippen LogP) is 2.03. The molecule has 0 radical (unpaired) electrons. The molecule has 0 unspecified atom stereocenters. The maximum absolute atomic E-state index is 10.8. The Hall–Kier alpha value is -2.50. The second kappa shape index (κ2) is 3.24. The van der Waals surface area contributed by atoms with Gasteiger partial charge in [0, 0.05) is 11.6 Å². The second-order valence-corrected chi connectivity index (χ2v) is 3.73. The number of hydrogen-bond acceptors (Lipinski definition) is 4. The van der Waals surface area contributed by atoms with Crippen molar-refractivity contribution in [2.24, 2.45) is 7.05 Å². The zero-order valence-corrected chi connectivity index (χ0v) is 8.99. The molecule has 1 aromatic carbocycles. The predicted molar refractivity (Wildman–Crippen MR) is 62.7 cm³/mol. The first kappa shape index (κ1) is 9.71. The van der Waals surface area contributed by atoms with E-state index in [0.29, 0.717) is 5.52 Å². The molecule has 2 aromatic heterocycles. The number of hydrogen-bond donors (Lipinski definition) is 0. The molecule has 0 aliphatic rings. The Bertz CT molecular complexity index is 748. The molecule has 2 heterocycles. The summed E-state index contributed by atoms with van der Waals surface area (Å²) >= 11 is 0. The molecule has 0 amide bonds. The van der Waals surface area contributed by atoms with Crippen molar-refractivity contribution >= 4 is 27.9 Å². The lowest BCUT2D eigenvalue weighted by Gasteiger charge is -1.95. The van der Waals surface area contributed by atoms with Gasteiger partial charge in [-0.1, -0.05) is 4.98 Å². The Balaban J connectivity index is 2.51. The monoisotopic (exact) mass is 230 g/mol. The van der Waals surface area contributed by atoms with Crippen molar-refractivity contribution < 1.29 is 4.92 Å². The standard InChI is InChI=1S/C11H8N4O2/c1-14-9-5-4-8-7(3-2-6-12-8)10(9)13-11(14)15(16)17/h2-6H,1H3/i11+2. The summed E-state index contributed by atoms with van der Waals surface area (Å²) in [6.07, 6.45) is 1.69. The molecule has 17 heavy (non-hydrogen) atoms. The van der Waals surface area contributed by atoms with E-state index in [4.69, 9.17) is 0 Å². The second-order valence-electron chi connectivity index (χ2n) is 3.73. The average molecular weight is 230 g/mol. The van der Waals surface area contributed by atoms with E-state index in [1.54, 1.807) is 25.4 Å². The number of benzene rings is 1. The molecule has 0 aliphatic heterocycles. The largest absolute Gasteiger partial charge is 0.435 e. The van der Waals surface area contributed by atoms with Crippen molar-refractivity contribution in [2.75, 3.05) is 0 Å². The molecule has 0 saturated carbocycles. The van der Waals surface area contributed by atoms with Crippen LogP contribution in [0, 0.1) is 10.1 Å². The summed E-state index contributed by atoms with van der Waals surface area (Å²) in [7, 11) is 1.63. The minimum absolute atomic E-state index is 0.156. The average Bonchev–Trinajstić information content (AvgIpc) is 2.67. The third kappa shape index (κ3) is 1.27. The van der Waals surface area contributed by atoms with Crippen LogP contribution < -0.4 is 0 Å². The maximum atomic E-state index is 10.8. The third-order valence-electron chi connectivity index (χ3n) is 2.77. The highest BCUT2D eigenvalue weighted by molar-refractivity contribution is 6.03. The molecule has 6 nitrogen and oxygen atoms in total. The van der Waals surface area contributed by atoms with E-state index in [2.05, 4.69) is 9.97 Å². The van der Waals surface area contributed by atoms with Crippen LogP contribution in [0.15, 0.2) is 30.5 Å². The molecule has 3 rings (SSSR count). The van der Waals surface area contributed by atoms with Crippen molar-refractivity contribution in [3.8, 4) is 0 Å². The topological polar surface area (TPSA) is 73.8 Å². The zero-order chi connectivity index (χ0) is 12.0. The SMILES string of the molecule is Cn1c2ccc3ncccc3c2n[14c]1[N+](=O)[O-]. The highest BCUT2D eigenvalue weighted by Crippen LogP contribution is 2.26. The summed E-state index contributed by atoms with van der Waals surface area (Å²) in [6, 6.07) is 7.29. The minimum atomic E-state index is -0.484. The maximum Gasteiger partial charge on any atom is 0.435 e. The first-order valence-corrected chi connectivity index (χ1v) is 5.03. The number of fused-ring (bicyclic) bond motifs is 3. The fraction of sp³-hybridized carbons (Fsp3) is 0.0909. The summed E-state index contributed by atoms with van der Waals surface area (Å²) in [4.78, 5) is 18.6. The van der Waals surface area contributed by atoms with Gasteiger partial charge in [-0.3, -0.25) is 4.98 Å². The van der Waals surface area contributed by atoms with E-state index in [-0.39, 0.29) is 5.95 Å². The minimum Gasteiger partial charge on any atom is -0.390 e. The molecule has 0 saturated heterocycles. The van der Waals surface area contributed by atoms with Gasteiger partial charge in [0.05, 0.1) is 12.6 Å². The van der Waals surface area contributed by atoms with E-state index >= 15 is 0 Å². The molecule has 0 bridgehead atoms. The number of aryl methyl sites for hydroxylation is 1. The van der Waals surface area contributed by atoms with Gasteiger partial charge in [-0.05, 0) is 29.2 Å². The van der Waals surface area contributed by atoms with Crippen molar-refractivity contribution in [3.05, 3.63) is 40.6 Å². The summed E-state index contributed by atoms with van der Waals surface area (Å²) in [5, 5.41) is 11.7. The smallest absolute Gasteiger partial charge is 0.390 e. The molecule has 3 aromatic rings. The van der Waals surface area contributed by atoms with Gasteiger partial charge >= 0.3 is 5.95 Å². The van der Waals surface area contributed by atoms with Gasteiger partial charge in [0.1, 0.15) is 5.52 Å². The molecule has 0 aliphatic carbocycles. The quantitative estimate of drug-likeness (QED) is 0.473. The molecule has 0 fully saturated rings. The third-order valence-corrected chi connectivity index (χ3v) is 2.77. The number of rotatable bonds is 1. The molecule has 0 spiro atoms. The van der Waals surface area contributed by atoms with Gasteiger partial charge < -0.3 is 10.1 Å². The van der Waals surface area contributed by atoms with Crippen LogP contribution in [0.5, 0.6) is 0 Å². The van der Waals surface area contributed by atoms with E-state index in [1.165, 1.54) is 4.57 Å². The van der Waals surface area contributed by atoms with Gasteiger partial charge in [-0.25, -0.2) is 4.57 Å². The van der Waals surface area contributed by atoms with E-state index in [9.17, 15) is 10.1 Å². The van der Waals surface area contributed by atoms with Crippen molar-refractivity contribution in [1.29, 1.82) is 0 Å². The number of nitro groups is 1. The van der Waals surface area contributed by atoms with Crippen molar-refractivity contribution in [2.45, 2.75) is 0 Å². The summed E-state index contributed by atoms with van der Waals surface area (Å²) < 4.78 is 1.47. The highest BCUT2D eigenvalue weighted by Gasteiger charge is 2.20. The van der Waals surface area contributed by atoms with Crippen LogP contribution in [0.3, 0.4) is 0 Å². The van der Waals surface area contributed by atoms with Gasteiger partial charge in [0.15, 0.2) is 5.52 Å². The van der Waals surface area contributed by atoms with Gasteiger partial charge in [-0.2, -0.15) is 0 Å². The van der Waals surface area contributed by atoms with Crippen molar-refractivity contribution in [3.63, 3.8) is 0 Å². The van der Waals surface area contributed by atoms with E-state index in [0.717, 1.165) is 16.4 Å². The Kier molecular flexibility index (Phi) is 1.85. The molecule has 0 N–H and O–H groups in total. The molecule has 0 atom stereocenters. The summed E-state index contributed by atoms with van der Waals surface area (Å²) in [6.45, 7) is 0. The first-order valence-electron chi connectivity index (χ1n) is 5.03. The molecule has 84 valence electrons. The highest BCUT2D eigenvalue weighted by atomic mass is 16.7. The molecular weight excluding hydrogens is 222 g/mol. The van der Waals surface area contributed by atoms with Gasteiger partial charge in [0.2, 0.25) is 0 Å². The summed E-state index contributed by atoms with van der Waals surface area (Å²) in [5.74, 6) is -0.156. The van der Waals surface area contributed by atoms with Crippen LogP contribution in [0.25, 0.3) is 21.9 Å². The lowest BCUT2D eigenvalue weighted by Crippen LogP contribution is -1.97. The lowest BCUT2D eigenvalue weighted by atomic mass is 10.2. The first-order chi connectivity index (χ1) is 8.18. The lowest BCUT2D eigenvalue weighted by molar-refractivity contribution is -0.396. The Labute approximate surface area is 95.7 Å². The normalized spacial score (nSPS) is 11.1. The van der Waals surface area contributed by atoms with Crippen LogP contribution in [0.2, 0.25) is 0 Å². The number of pyridine rings is 1. The van der Waals surface area contributed by atoms with Crippen LogP contribution in [0.4, 0.5) is 5.95 Å². The zero-order valence-electron chi connectivity index (χ0n) is 8.99. The Morgan fingerprint density at radius 3 is 3.00 bits per heavy atom. The molecule has 6 heteroatoms. The van der Waals surface area contributed by atoms with E-state index < -0.39 is 4.92 Å². The van der Waals surface area contributed by atoms with Crippen LogP contribution in [-0.4, -0.2) is 19.5 Å². The van der Waals surface area contributed by atoms with E-state index in [1.807, 2.05) is 12.1 Å². The van der Waals surface area contributed by atoms with Crippen LogP contribution >= 0.6 is 0 Å². The van der Waals surface area contributed by atoms with Gasteiger partial charge in [-0.15, -0.1) is 0 Å². The summed E-state index contributed by atoms with van der Waals surface area (Å²) in [5.41, 5.74) is 2.13. The van der Waals surface area contributed by atoms with Crippen LogP contribution in [-0.2, 0) is 7.05 Å². The van der Waals surface area contributed by atoms with Gasteiger partial charge in [0.25, 0.3) is 0 Å².